The highest BCUT2D eigenvalue weighted by atomic mass is 35.5. The number of rotatable bonds is 4. The smallest absolute Gasteiger partial charge is 0.246 e. The first kappa shape index (κ1) is 15.6. The molecule has 22 heavy (non-hydrogen) atoms. The SMILES string of the molecule is CN(Cc1ccc(Cl)s1)C(=O)/C=C/c1c(Cl)nc2sccn12. The molecular weight excluding hydrogens is 361 g/mol. The number of hydrogen-bond acceptors (Lipinski definition) is 4. The van der Waals surface area contributed by atoms with Gasteiger partial charge in [-0.1, -0.05) is 23.2 Å². The van der Waals surface area contributed by atoms with Gasteiger partial charge >= 0.3 is 0 Å². The second-order valence-electron chi connectivity index (χ2n) is 4.58. The molecule has 114 valence electrons. The maximum absolute atomic E-state index is 12.2. The fourth-order valence-electron chi connectivity index (χ4n) is 1.95. The van der Waals surface area contributed by atoms with Crippen molar-refractivity contribution in [3.05, 3.63) is 49.8 Å². The molecule has 0 aliphatic carbocycles. The Balaban J connectivity index is 1.72. The third kappa shape index (κ3) is 3.20. The highest BCUT2D eigenvalue weighted by Crippen LogP contribution is 2.23. The van der Waals surface area contributed by atoms with Crippen LogP contribution >= 0.6 is 45.9 Å². The molecule has 0 aliphatic heterocycles. The van der Waals surface area contributed by atoms with Crippen LogP contribution in [-0.4, -0.2) is 27.2 Å². The number of carbonyl (C=O) groups is 1. The van der Waals surface area contributed by atoms with Crippen molar-refractivity contribution in [2.24, 2.45) is 0 Å². The number of carbonyl (C=O) groups excluding carboxylic acids is 1. The van der Waals surface area contributed by atoms with Gasteiger partial charge in [-0.05, 0) is 18.2 Å². The monoisotopic (exact) mass is 371 g/mol. The van der Waals surface area contributed by atoms with Gasteiger partial charge in [-0.15, -0.1) is 22.7 Å². The lowest BCUT2D eigenvalue weighted by Crippen LogP contribution is -2.23. The summed E-state index contributed by atoms with van der Waals surface area (Å²) in [6.45, 7) is 0.522. The van der Waals surface area contributed by atoms with Crippen LogP contribution in [0.3, 0.4) is 0 Å². The van der Waals surface area contributed by atoms with Crippen molar-refractivity contribution in [1.29, 1.82) is 0 Å². The lowest BCUT2D eigenvalue weighted by Gasteiger charge is -2.13. The molecule has 0 atom stereocenters. The minimum Gasteiger partial charge on any atom is -0.337 e. The van der Waals surface area contributed by atoms with Gasteiger partial charge in [0.05, 0.1) is 16.6 Å². The summed E-state index contributed by atoms with van der Waals surface area (Å²) in [5, 5.41) is 2.31. The van der Waals surface area contributed by atoms with E-state index in [0.717, 1.165) is 14.2 Å². The number of amides is 1. The first-order valence-corrected chi connectivity index (χ1v) is 8.78. The van der Waals surface area contributed by atoms with Gasteiger partial charge in [-0.2, -0.15) is 0 Å². The number of aromatic nitrogens is 2. The molecule has 0 bridgehead atoms. The normalized spacial score (nSPS) is 11.6. The lowest BCUT2D eigenvalue weighted by molar-refractivity contribution is -0.125. The van der Waals surface area contributed by atoms with Crippen molar-refractivity contribution in [3.8, 4) is 0 Å². The van der Waals surface area contributed by atoms with Crippen molar-refractivity contribution in [3.63, 3.8) is 0 Å². The molecule has 0 saturated carbocycles. The molecule has 0 fully saturated rings. The number of nitrogens with zero attached hydrogens (tertiary/aromatic N) is 3. The summed E-state index contributed by atoms with van der Waals surface area (Å²) in [7, 11) is 1.75. The van der Waals surface area contributed by atoms with Crippen LogP contribution in [0.2, 0.25) is 9.49 Å². The Hall–Kier alpha value is -1.34. The fraction of sp³-hybridized carbons (Fsp3) is 0.143. The highest BCUT2D eigenvalue weighted by molar-refractivity contribution is 7.16. The summed E-state index contributed by atoms with van der Waals surface area (Å²) >= 11 is 14.9. The van der Waals surface area contributed by atoms with E-state index in [1.54, 1.807) is 18.0 Å². The van der Waals surface area contributed by atoms with E-state index in [9.17, 15) is 4.79 Å². The molecule has 0 spiro atoms. The molecular formula is C14H11Cl2N3OS2. The van der Waals surface area contributed by atoms with Crippen molar-refractivity contribution in [1.82, 2.24) is 14.3 Å². The van der Waals surface area contributed by atoms with E-state index in [1.165, 1.54) is 28.7 Å². The van der Waals surface area contributed by atoms with Gasteiger partial charge < -0.3 is 4.90 Å². The van der Waals surface area contributed by atoms with E-state index in [0.29, 0.717) is 17.4 Å². The van der Waals surface area contributed by atoms with Crippen LogP contribution in [0.25, 0.3) is 11.0 Å². The average molecular weight is 372 g/mol. The maximum Gasteiger partial charge on any atom is 0.246 e. The Kier molecular flexibility index (Phi) is 4.54. The van der Waals surface area contributed by atoms with E-state index in [4.69, 9.17) is 23.2 Å². The molecule has 3 aromatic heterocycles. The third-order valence-corrected chi connectivity index (χ3v) is 5.29. The van der Waals surface area contributed by atoms with Crippen LogP contribution in [0.15, 0.2) is 29.8 Å². The summed E-state index contributed by atoms with van der Waals surface area (Å²) in [6, 6.07) is 3.75. The molecule has 3 rings (SSSR count). The Labute approximate surface area is 145 Å². The lowest BCUT2D eigenvalue weighted by atomic mass is 10.3. The molecule has 0 N–H and O–H groups in total. The fourth-order valence-corrected chi connectivity index (χ4v) is 4.10. The van der Waals surface area contributed by atoms with Crippen LogP contribution < -0.4 is 0 Å². The second kappa shape index (κ2) is 6.42. The predicted octanol–water partition coefficient (Wildman–Crippen LogP) is 4.44. The first-order valence-electron chi connectivity index (χ1n) is 6.33. The summed E-state index contributed by atoms with van der Waals surface area (Å²) in [5.41, 5.74) is 0.707. The van der Waals surface area contributed by atoms with Gasteiger partial charge in [-0.3, -0.25) is 9.20 Å². The molecule has 0 unspecified atom stereocenters. The van der Waals surface area contributed by atoms with Crippen LogP contribution in [0.4, 0.5) is 0 Å². The molecule has 1 amide bonds. The van der Waals surface area contributed by atoms with Gasteiger partial charge in [0, 0.05) is 29.6 Å². The number of imidazole rings is 1. The topological polar surface area (TPSA) is 37.6 Å². The zero-order chi connectivity index (χ0) is 15.7. The Morgan fingerprint density at radius 2 is 2.27 bits per heavy atom. The number of halogens is 2. The zero-order valence-electron chi connectivity index (χ0n) is 11.5. The Bertz CT molecular complexity index is 849. The molecule has 8 heteroatoms. The summed E-state index contributed by atoms with van der Waals surface area (Å²) in [5.74, 6) is -0.106. The second-order valence-corrected chi connectivity index (χ2v) is 7.61. The number of likely N-dealkylation sites (N-methyl/N-ethyl adjacent to an activating group) is 1. The first-order chi connectivity index (χ1) is 10.5. The molecule has 0 radical (unpaired) electrons. The third-order valence-electron chi connectivity index (χ3n) is 3.04. The number of hydrogen-bond donors (Lipinski definition) is 0. The van der Waals surface area contributed by atoms with Gasteiger partial charge in [0.2, 0.25) is 5.91 Å². The van der Waals surface area contributed by atoms with Crippen molar-refractivity contribution in [2.75, 3.05) is 7.05 Å². The van der Waals surface area contributed by atoms with Gasteiger partial charge in [-0.25, -0.2) is 4.98 Å². The minimum absolute atomic E-state index is 0.106. The molecule has 4 nitrogen and oxygen atoms in total. The van der Waals surface area contributed by atoms with Crippen LogP contribution in [0, 0.1) is 0 Å². The van der Waals surface area contributed by atoms with E-state index in [2.05, 4.69) is 4.98 Å². The zero-order valence-corrected chi connectivity index (χ0v) is 14.6. The van der Waals surface area contributed by atoms with Crippen LogP contribution in [0.5, 0.6) is 0 Å². The number of thiazole rings is 1. The predicted molar refractivity (Wildman–Crippen MR) is 92.9 cm³/mol. The van der Waals surface area contributed by atoms with Gasteiger partial charge in [0.25, 0.3) is 0 Å². The summed E-state index contributed by atoms with van der Waals surface area (Å²) < 4.78 is 2.58. The molecule has 3 heterocycles. The largest absolute Gasteiger partial charge is 0.337 e. The molecule has 0 aromatic carbocycles. The van der Waals surface area contributed by atoms with Crippen molar-refractivity contribution < 1.29 is 4.79 Å². The Morgan fingerprint density at radius 3 is 3.00 bits per heavy atom. The van der Waals surface area contributed by atoms with Crippen LogP contribution in [0.1, 0.15) is 10.6 Å². The van der Waals surface area contributed by atoms with E-state index < -0.39 is 0 Å². The van der Waals surface area contributed by atoms with Crippen molar-refractivity contribution in [2.45, 2.75) is 6.54 Å². The molecule has 3 aromatic rings. The van der Waals surface area contributed by atoms with E-state index in [1.807, 2.05) is 28.1 Å². The van der Waals surface area contributed by atoms with E-state index in [-0.39, 0.29) is 5.91 Å². The van der Waals surface area contributed by atoms with Gasteiger partial charge in [0.1, 0.15) is 0 Å². The molecule has 0 aliphatic rings. The standard InChI is InChI=1S/C14H11Cl2N3OS2/c1-18(8-9-2-4-11(15)22-9)12(20)5-3-10-13(16)17-14-19(10)6-7-21-14/h2-7H,8H2,1H3/b5-3+. The average Bonchev–Trinajstić information content (AvgIpc) is 3.14. The minimum atomic E-state index is -0.106. The number of fused-ring (bicyclic) bond motifs is 1. The van der Waals surface area contributed by atoms with Crippen LogP contribution in [-0.2, 0) is 11.3 Å². The van der Waals surface area contributed by atoms with E-state index >= 15 is 0 Å². The number of thiophene rings is 1. The quantitative estimate of drug-likeness (QED) is 0.635. The maximum atomic E-state index is 12.2. The summed E-state index contributed by atoms with van der Waals surface area (Å²) in [4.78, 5) is 19.9. The highest BCUT2D eigenvalue weighted by Gasteiger charge is 2.11. The Morgan fingerprint density at radius 1 is 1.45 bits per heavy atom. The summed E-state index contributed by atoms with van der Waals surface area (Å²) in [6.07, 6.45) is 5.07. The van der Waals surface area contributed by atoms with Gasteiger partial charge in [0.15, 0.2) is 10.1 Å². The molecule has 0 saturated heterocycles. The van der Waals surface area contributed by atoms with Crippen molar-refractivity contribution >= 4 is 62.8 Å².